The number of aromatic nitrogens is 6. The molecule has 0 fully saturated rings. The van der Waals surface area contributed by atoms with Crippen molar-refractivity contribution in [3.8, 4) is 11.4 Å². The number of nitrogens with zero attached hydrogens (tertiary/aromatic N) is 6. The van der Waals surface area contributed by atoms with Crippen LogP contribution < -0.4 is 22.5 Å². The van der Waals surface area contributed by atoms with E-state index >= 15 is 0 Å². The molecule has 12 heteroatoms. The molecule has 0 saturated carbocycles. The molecular formula is C24H10N6O6. The van der Waals surface area contributed by atoms with Crippen molar-refractivity contribution >= 4 is 44.7 Å². The number of hydrogen-bond donors (Lipinski definition) is 0. The van der Waals surface area contributed by atoms with Gasteiger partial charge >= 0.3 is 22.5 Å². The van der Waals surface area contributed by atoms with Gasteiger partial charge in [0.1, 0.15) is 0 Å². The molecule has 0 radical (unpaired) electrons. The highest BCUT2D eigenvalue weighted by Gasteiger charge is 2.24. The van der Waals surface area contributed by atoms with Crippen molar-refractivity contribution in [1.82, 2.24) is 29.1 Å². The average Bonchev–Trinajstić information content (AvgIpc) is 3.34. The summed E-state index contributed by atoms with van der Waals surface area (Å²) in [6.45, 7) is 0. The first-order valence-electron chi connectivity index (χ1n) is 10.6. The van der Waals surface area contributed by atoms with E-state index in [1.807, 2.05) is 0 Å². The third-order valence-electron chi connectivity index (χ3n) is 5.74. The van der Waals surface area contributed by atoms with Crippen molar-refractivity contribution < 1.29 is 8.83 Å². The SMILES string of the molecule is O=c1oc(=O)c2nc3c(nc12)n(-c1ccccc1)c1nc2c(=O)oc(=O)c2nc1n3-c1ccccc1. The largest absolute Gasteiger partial charge is 0.383 e. The highest BCUT2D eigenvalue weighted by Crippen LogP contribution is 2.28. The quantitative estimate of drug-likeness (QED) is 0.334. The van der Waals surface area contributed by atoms with Crippen LogP contribution in [0.3, 0.4) is 0 Å². The lowest BCUT2D eigenvalue weighted by Crippen LogP contribution is -2.15. The lowest BCUT2D eigenvalue weighted by molar-refractivity contribution is 0.498. The molecule has 0 saturated heterocycles. The smallest absolute Gasteiger partial charge is 0.367 e. The Bertz CT molecular complexity index is 1960. The molecule has 0 amide bonds. The molecule has 5 heterocycles. The average molecular weight is 478 g/mol. The predicted molar refractivity (Wildman–Crippen MR) is 127 cm³/mol. The van der Waals surface area contributed by atoms with E-state index in [0.29, 0.717) is 11.4 Å². The summed E-state index contributed by atoms with van der Waals surface area (Å²) in [6, 6.07) is 17.7. The van der Waals surface area contributed by atoms with Crippen molar-refractivity contribution in [1.29, 1.82) is 0 Å². The molecule has 0 spiro atoms. The maximum atomic E-state index is 12.3. The molecule has 7 aromatic rings. The van der Waals surface area contributed by atoms with Gasteiger partial charge in [0.15, 0.2) is 44.7 Å². The van der Waals surface area contributed by atoms with Gasteiger partial charge in [0.2, 0.25) is 0 Å². The Morgan fingerprint density at radius 3 is 1.00 bits per heavy atom. The van der Waals surface area contributed by atoms with Gasteiger partial charge in [-0.2, -0.15) is 0 Å². The molecule has 0 unspecified atom stereocenters. The maximum Gasteiger partial charge on any atom is 0.367 e. The van der Waals surface area contributed by atoms with Crippen molar-refractivity contribution in [3.05, 3.63) is 102 Å². The molecule has 0 aliphatic heterocycles. The highest BCUT2D eigenvalue weighted by molar-refractivity contribution is 5.92. The number of furan rings is 2. The van der Waals surface area contributed by atoms with Crippen molar-refractivity contribution in [3.63, 3.8) is 0 Å². The van der Waals surface area contributed by atoms with Crippen LogP contribution in [0.1, 0.15) is 0 Å². The predicted octanol–water partition coefficient (Wildman–Crippen LogP) is 1.53. The van der Waals surface area contributed by atoms with Gasteiger partial charge < -0.3 is 8.83 Å². The number of rotatable bonds is 2. The van der Waals surface area contributed by atoms with Crippen molar-refractivity contribution in [2.45, 2.75) is 0 Å². The Balaban J connectivity index is 1.85. The summed E-state index contributed by atoms with van der Waals surface area (Å²) in [7, 11) is 0. The van der Waals surface area contributed by atoms with Crippen LogP contribution in [-0.4, -0.2) is 29.1 Å². The first-order chi connectivity index (χ1) is 17.5. The van der Waals surface area contributed by atoms with Crippen LogP contribution >= 0.6 is 0 Å². The minimum Gasteiger partial charge on any atom is -0.383 e. The van der Waals surface area contributed by atoms with Crippen LogP contribution in [0.25, 0.3) is 56.0 Å². The standard InChI is InChI=1S/C24H10N6O6/c31-21-13-15(23(33)35-21)27-19-17(25-13)29(11-7-3-1-4-8-11)18-20(30(19)12-9-5-2-6-10-12)28-16-14(26-18)22(32)36-24(16)34/h1-10H. The molecule has 7 rings (SSSR count). The van der Waals surface area contributed by atoms with E-state index in [2.05, 4.69) is 19.9 Å². The number of hydrogen-bond acceptors (Lipinski definition) is 10. The zero-order chi connectivity index (χ0) is 24.6. The fourth-order valence-corrected chi connectivity index (χ4v) is 4.21. The molecule has 0 bridgehead atoms. The number of para-hydroxylation sites is 2. The van der Waals surface area contributed by atoms with Gasteiger partial charge in [0, 0.05) is 11.4 Å². The van der Waals surface area contributed by atoms with E-state index in [1.54, 1.807) is 60.7 Å². The van der Waals surface area contributed by atoms with Crippen molar-refractivity contribution in [2.24, 2.45) is 0 Å². The summed E-state index contributed by atoms with van der Waals surface area (Å²) in [5.41, 5.74) is -3.07. The number of benzene rings is 2. The lowest BCUT2D eigenvalue weighted by atomic mass is 10.2. The third-order valence-corrected chi connectivity index (χ3v) is 5.74. The first kappa shape index (κ1) is 19.9. The lowest BCUT2D eigenvalue weighted by Gasteiger charge is -2.18. The third kappa shape index (κ3) is 2.63. The Morgan fingerprint density at radius 1 is 0.444 bits per heavy atom. The van der Waals surface area contributed by atoms with E-state index in [-0.39, 0.29) is 44.7 Å². The van der Waals surface area contributed by atoms with Crippen molar-refractivity contribution in [2.75, 3.05) is 0 Å². The van der Waals surface area contributed by atoms with E-state index in [0.717, 1.165) is 0 Å². The van der Waals surface area contributed by atoms with Crippen LogP contribution in [0.15, 0.2) is 88.7 Å². The second kappa shape index (κ2) is 6.99. The number of fused-ring (bicyclic) bond motifs is 4. The molecule has 172 valence electrons. The van der Waals surface area contributed by atoms with Gasteiger partial charge in [-0.15, -0.1) is 0 Å². The molecule has 0 N–H and O–H groups in total. The summed E-state index contributed by atoms with van der Waals surface area (Å²) < 4.78 is 12.5. The van der Waals surface area contributed by atoms with Gasteiger partial charge in [-0.25, -0.2) is 39.1 Å². The topological polar surface area (TPSA) is 156 Å². The second-order valence-electron chi connectivity index (χ2n) is 7.83. The molecule has 36 heavy (non-hydrogen) atoms. The molecule has 2 aromatic carbocycles. The molecular weight excluding hydrogens is 468 g/mol. The van der Waals surface area contributed by atoms with Crippen LogP contribution in [0.4, 0.5) is 0 Å². The van der Waals surface area contributed by atoms with Gasteiger partial charge in [0.25, 0.3) is 0 Å². The molecule has 0 aliphatic rings. The van der Waals surface area contributed by atoms with Gasteiger partial charge in [-0.1, -0.05) is 36.4 Å². The summed E-state index contributed by atoms with van der Waals surface area (Å²) in [6.07, 6.45) is 0. The Labute approximate surface area is 196 Å². The zero-order valence-corrected chi connectivity index (χ0v) is 17.9. The molecule has 12 nitrogen and oxygen atoms in total. The van der Waals surface area contributed by atoms with Gasteiger partial charge in [0.05, 0.1) is 0 Å². The molecule has 0 atom stereocenters. The monoisotopic (exact) mass is 478 g/mol. The van der Waals surface area contributed by atoms with Gasteiger partial charge in [-0.05, 0) is 24.3 Å². The van der Waals surface area contributed by atoms with E-state index in [9.17, 15) is 19.2 Å². The highest BCUT2D eigenvalue weighted by atomic mass is 16.4. The molecule has 5 aromatic heterocycles. The first-order valence-corrected chi connectivity index (χ1v) is 10.6. The molecule has 0 aliphatic carbocycles. The Hall–Kier alpha value is -5.52. The van der Waals surface area contributed by atoms with E-state index < -0.39 is 22.5 Å². The van der Waals surface area contributed by atoms with E-state index in [1.165, 1.54) is 9.13 Å². The summed E-state index contributed by atoms with van der Waals surface area (Å²) >= 11 is 0. The Kier molecular flexibility index (Phi) is 3.87. The van der Waals surface area contributed by atoms with Crippen LogP contribution in [0.5, 0.6) is 0 Å². The minimum absolute atomic E-state index is 0.134. The normalized spacial score (nSPS) is 11.8. The van der Waals surface area contributed by atoms with Crippen LogP contribution in [0.2, 0.25) is 0 Å². The minimum atomic E-state index is -0.926. The zero-order valence-electron chi connectivity index (χ0n) is 17.9. The van der Waals surface area contributed by atoms with Crippen LogP contribution in [0, 0.1) is 0 Å². The van der Waals surface area contributed by atoms with E-state index in [4.69, 9.17) is 8.83 Å². The second-order valence-corrected chi connectivity index (χ2v) is 7.83. The maximum absolute atomic E-state index is 12.3. The van der Waals surface area contributed by atoms with Crippen LogP contribution in [-0.2, 0) is 0 Å². The fourth-order valence-electron chi connectivity index (χ4n) is 4.21. The summed E-state index contributed by atoms with van der Waals surface area (Å²) in [5.74, 6) is 0. The summed E-state index contributed by atoms with van der Waals surface area (Å²) in [4.78, 5) is 67.2. The van der Waals surface area contributed by atoms with Gasteiger partial charge in [-0.3, -0.25) is 9.13 Å². The Morgan fingerprint density at radius 2 is 0.722 bits per heavy atom. The summed E-state index contributed by atoms with van der Waals surface area (Å²) in [5, 5.41) is 0. The fraction of sp³-hybridized carbons (Fsp3) is 0.